The molecule has 37 heavy (non-hydrogen) atoms. The summed E-state index contributed by atoms with van der Waals surface area (Å²) < 4.78 is 64.5. The van der Waals surface area contributed by atoms with E-state index in [2.05, 4.69) is 19.7 Å². The quantitative estimate of drug-likeness (QED) is 0.206. The summed E-state index contributed by atoms with van der Waals surface area (Å²) in [5.74, 6) is -0.829. The van der Waals surface area contributed by atoms with Crippen LogP contribution < -0.4 is 14.8 Å². The number of hydrogen-bond donors (Lipinski definition) is 2. The van der Waals surface area contributed by atoms with Gasteiger partial charge in [0.25, 0.3) is 0 Å². The maximum Gasteiger partial charge on any atom is 0.534 e. The van der Waals surface area contributed by atoms with Crippen LogP contribution in [0.1, 0.15) is 36.5 Å². The molecule has 0 aliphatic carbocycles. The Bertz CT molecular complexity index is 1260. The molecule has 0 unspecified atom stereocenters. The highest BCUT2D eigenvalue weighted by Crippen LogP contribution is 2.29. The molecule has 0 spiro atoms. The highest BCUT2D eigenvalue weighted by molar-refractivity contribution is 7.88. The molecule has 2 aromatic carbocycles. The molecule has 12 heteroatoms. The summed E-state index contributed by atoms with van der Waals surface area (Å²) in [5, 5.41) is 5.52. The van der Waals surface area contributed by atoms with Gasteiger partial charge in [0.2, 0.25) is 11.8 Å². The van der Waals surface area contributed by atoms with Gasteiger partial charge in [-0.3, -0.25) is 14.5 Å². The summed E-state index contributed by atoms with van der Waals surface area (Å²) in [5.41, 5.74) is -2.51. The van der Waals surface area contributed by atoms with Crippen molar-refractivity contribution in [1.82, 2.24) is 10.2 Å². The number of hydrogen-bond acceptors (Lipinski definition) is 6. The molecular formula is C25H28F3N3O5S. The minimum absolute atomic E-state index is 0.203. The number of unbranched alkanes of at least 4 members (excludes halogenated alkanes) is 1. The number of carbonyl (C=O) groups excluding carboxylic acids is 2. The van der Waals surface area contributed by atoms with Gasteiger partial charge in [0.15, 0.2) is 0 Å². The molecule has 0 saturated carbocycles. The highest BCUT2D eigenvalue weighted by atomic mass is 32.2. The molecule has 2 amide bonds. The van der Waals surface area contributed by atoms with Gasteiger partial charge in [0.1, 0.15) is 5.75 Å². The topological polar surface area (TPSA) is 105 Å². The van der Waals surface area contributed by atoms with Crippen molar-refractivity contribution in [3.8, 4) is 5.75 Å². The number of rotatable bonds is 10. The monoisotopic (exact) mass is 539 g/mol. The van der Waals surface area contributed by atoms with Gasteiger partial charge in [0.05, 0.1) is 0 Å². The van der Waals surface area contributed by atoms with Gasteiger partial charge >= 0.3 is 15.6 Å². The van der Waals surface area contributed by atoms with Gasteiger partial charge in [-0.05, 0) is 66.8 Å². The Morgan fingerprint density at radius 3 is 2.59 bits per heavy atom. The fraction of sp³-hybridized carbons (Fsp3) is 0.360. The van der Waals surface area contributed by atoms with Crippen molar-refractivity contribution >= 4 is 33.7 Å². The number of halogens is 3. The molecule has 0 saturated heterocycles. The molecule has 2 N–H and O–H groups in total. The number of fused-ring (bicyclic) bond motifs is 1. The number of nitrogens with one attached hydrogen (secondary N) is 2. The van der Waals surface area contributed by atoms with Crippen LogP contribution in [0.3, 0.4) is 0 Å². The van der Waals surface area contributed by atoms with Crippen molar-refractivity contribution < 1.29 is 35.4 Å². The molecule has 0 fully saturated rings. The number of para-hydroxylation sites is 1. The second kappa shape index (κ2) is 12.2. The average molecular weight is 540 g/mol. The maximum absolute atomic E-state index is 12.6. The Balaban J connectivity index is 1.42. The van der Waals surface area contributed by atoms with Crippen LogP contribution in [0.4, 0.5) is 18.9 Å². The van der Waals surface area contributed by atoms with Gasteiger partial charge in [-0.1, -0.05) is 24.3 Å². The van der Waals surface area contributed by atoms with Crippen LogP contribution in [-0.2, 0) is 32.7 Å². The van der Waals surface area contributed by atoms with Crippen LogP contribution in [0.2, 0.25) is 0 Å². The lowest BCUT2D eigenvalue weighted by Crippen LogP contribution is -2.32. The summed E-state index contributed by atoms with van der Waals surface area (Å²) in [6.45, 7) is 3.81. The molecule has 1 heterocycles. The van der Waals surface area contributed by atoms with E-state index in [1.54, 1.807) is 36.4 Å². The van der Waals surface area contributed by atoms with Crippen LogP contribution in [-0.4, -0.2) is 50.3 Å². The second-order valence-corrected chi connectivity index (χ2v) is 10.1. The number of alkyl halides is 3. The van der Waals surface area contributed by atoms with E-state index in [4.69, 9.17) is 0 Å². The normalized spacial score (nSPS) is 14.3. The molecule has 0 aromatic heterocycles. The maximum atomic E-state index is 12.6. The number of nitrogens with zero attached hydrogens (tertiary/aromatic N) is 1. The third-order valence-corrected chi connectivity index (χ3v) is 6.62. The molecule has 1 aliphatic rings. The van der Waals surface area contributed by atoms with E-state index in [0.29, 0.717) is 37.3 Å². The predicted octanol–water partition coefficient (Wildman–Crippen LogP) is 3.84. The van der Waals surface area contributed by atoms with E-state index in [9.17, 15) is 31.2 Å². The summed E-state index contributed by atoms with van der Waals surface area (Å²) >= 11 is 0. The first-order valence-electron chi connectivity index (χ1n) is 11.6. The zero-order valence-corrected chi connectivity index (χ0v) is 21.0. The van der Waals surface area contributed by atoms with E-state index in [-0.39, 0.29) is 17.6 Å². The largest absolute Gasteiger partial charge is 0.534 e. The summed E-state index contributed by atoms with van der Waals surface area (Å²) in [7, 11) is -5.72. The third kappa shape index (κ3) is 8.32. The number of carbonyl (C=O) groups is 2. The molecular weight excluding hydrogens is 511 g/mol. The first-order valence-corrected chi connectivity index (χ1v) is 13.0. The molecule has 3 rings (SSSR count). The van der Waals surface area contributed by atoms with E-state index in [0.717, 1.165) is 30.5 Å². The van der Waals surface area contributed by atoms with Gasteiger partial charge in [-0.25, -0.2) is 0 Å². The third-order valence-electron chi connectivity index (χ3n) is 5.64. The van der Waals surface area contributed by atoms with Gasteiger partial charge in [-0.2, -0.15) is 21.6 Å². The molecule has 2 aromatic rings. The summed E-state index contributed by atoms with van der Waals surface area (Å²) in [6.07, 6.45) is 5.22. The summed E-state index contributed by atoms with van der Waals surface area (Å²) in [6, 6.07) is 11.3. The van der Waals surface area contributed by atoms with Crippen molar-refractivity contribution in [1.29, 1.82) is 0 Å². The Morgan fingerprint density at radius 1 is 1.11 bits per heavy atom. The number of benzene rings is 2. The SMILES string of the molecule is CC(=O)Nc1ccccc1C=CC(=O)NCCCCN1CCc2ccc(OS(=O)(=O)C(F)(F)F)cc2C1. The smallest absolute Gasteiger partial charge is 0.376 e. The minimum atomic E-state index is -5.72. The lowest BCUT2D eigenvalue weighted by molar-refractivity contribution is -0.116. The highest BCUT2D eigenvalue weighted by Gasteiger charge is 2.48. The van der Waals surface area contributed by atoms with Gasteiger partial charge in [0, 0.05) is 38.3 Å². The first-order chi connectivity index (χ1) is 17.4. The van der Waals surface area contributed by atoms with Crippen LogP contribution in [0.5, 0.6) is 5.75 Å². The molecule has 0 atom stereocenters. The van der Waals surface area contributed by atoms with Crippen molar-refractivity contribution in [3.05, 3.63) is 65.2 Å². The van der Waals surface area contributed by atoms with Crippen LogP contribution in [0, 0.1) is 0 Å². The fourth-order valence-corrected chi connectivity index (χ4v) is 4.30. The second-order valence-electron chi connectivity index (χ2n) is 8.54. The Hall–Kier alpha value is -3.38. The Labute approximate surface area is 213 Å². The number of anilines is 1. The zero-order chi connectivity index (χ0) is 27.1. The molecule has 8 nitrogen and oxygen atoms in total. The van der Waals surface area contributed by atoms with E-state index in [1.165, 1.54) is 25.1 Å². The Morgan fingerprint density at radius 2 is 1.86 bits per heavy atom. The van der Waals surface area contributed by atoms with Crippen molar-refractivity contribution in [2.24, 2.45) is 0 Å². The molecule has 0 bridgehead atoms. The summed E-state index contributed by atoms with van der Waals surface area (Å²) in [4.78, 5) is 25.5. The van der Waals surface area contributed by atoms with Crippen molar-refractivity contribution in [2.75, 3.05) is 25.0 Å². The van der Waals surface area contributed by atoms with Crippen LogP contribution >= 0.6 is 0 Å². The van der Waals surface area contributed by atoms with Crippen LogP contribution in [0.15, 0.2) is 48.5 Å². The fourth-order valence-electron chi connectivity index (χ4n) is 3.85. The lowest BCUT2D eigenvalue weighted by Gasteiger charge is -2.29. The Kier molecular flexibility index (Phi) is 9.33. The standard InChI is InChI=1S/C25H28F3N3O5S/c1-18(32)30-23-7-3-2-6-20(23)9-11-24(33)29-13-4-5-14-31-15-12-19-8-10-22(16-21(19)17-31)36-37(34,35)25(26,27)28/h2-3,6-11,16H,4-5,12-15,17H2,1H3,(H,29,33)(H,30,32). The van der Waals surface area contributed by atoms with Crippen molar-refractivity contribution in [3.63, 3.8) is 0 Å². The minimum Gasteiger partial charge on any atom is -0.376 e. The molecule has 1 aliphatic heterocycles. The lowest BCUT2D eigenvalue weighted by atomic mass is 9.99. The molecule has 0 radical (unpaired) electrons. The van der Waals surface area contributed by atoms with E-state index < -0.39 is 15.6 Å². The zero-order valence-electron chi connectivity index (χ0n) is 20.2. The van der Waals surface area contributed by atoms with E-state index in [1.807, 2.05) is 0 Å². The molecule has 200 valence electrons. The van der Waals surface area contributed by atoms with Gasteiger partial charge in [-0.15, -0.1) is 0 Å². The van der Waals surface area contributed by atoms with E-state index >= 15 is 0 Å². The van der Waals surface area contributed by atoms with Crippen molar-refractivity contribution in [2.45, 2.75) is 38.2 Å². The van der Waals surface area contributed by atoms with Crippen LogP contribution in [0.25, 0.3) is 6.08 Å². The van der Waals surface area contributed by atoms with Gasteiger partial charge < -0.3 is 14.8 Å². The number of amides is 2. The average Bonchev–Trinajstić information content (AvgIpc) is 2.81. The predicted molar refractivity (Wildman–Crippen MR) is 133 cm³/mol. The first kappa shape index (κ1) is 28.2.